The summed E-state index contributed by atoms with van der Waals surface area (Å²) >= 11 is 0. The lowest BCUT2D eigenvalue weighted by atomic mass is 10.2. The van der Waals surface area contributed by atoms with Gasteiger partial charge in [-0.3, -0.25) is 9.59 Å². The molecule has 2 amide bonds. The van der Waals surface area contributed by atoms with Crippen molar-refractivity contribution in [2.75, 3.05) is 18.6 Å². The Balaban J connectivity index is 2.68. The van der Waals surface area contributed by atoms with E-state index < -0.39 is 21.8 Å². The van der Waals surface area contributed by atoms with Gasteiger partial charge in [-0.05, 0) is 12.8 Å². The van der Waals surface area contributed by atoms with Gasteiger partial charge in [0.25, 0.3) is 0 Å². The molecule has 1 unspecified atom stereocenters. The monoisotopic (exact) mass is 248 g/mol. The third kappa shape index (κ3) is 3.48. The molecule has 0 aromatic heterocycles. The number of primary amides is 1. The van der Waals surface area contributed by atoms with Crippen LogP contribution in [-0.2, 0) is 19.4 Å². The van der Waals surface area contributed by atoms with Crippen molar-refractivity contribution >= 4 is 21.7 Å². The zero-order valence-corrected chi connectivity index (χ0v) is 10.00. The van der Waals surface area contributed by atoms with Crippen molar-refractivity contribution in [3.05, 3.63) is 0 Å². The highest BCUT2D eigenvalue weighted by Crippen LogP contribution is 2.16. The van der Waals surface area contributed by atoms with Crippen LogP contribution >= 0.6 is 0 Å². The molecular formula is C9H16N2O4S. The third-order valence-electron chi connectivity index (χ3n) is 2.58. The molecule has 0 saturated carbocycles. The van der Waals surface area contributed by atoms with Gasteiger partial charge in [-0.1, -0.05) is 0 Å². The fraction of sp³-hybridized carbons (Fsp3) is 0.778. The molecule has 0 radical (unpaired) electrons. The molecule has 7 heteroatoms. The second-order valence-electron chi connectivity index (χ2n) is 4.03. The van der Waals surface area contributed by atoms with Gasteiger partial charge in [-0.15, -0.1) is 0 Å². The maximum absolute atomic E-state index is 11.4. The summed E-state index contributed by atoms with van der Waals surface area (Å²) in [5.41, 5.74) is 5.18. The van der Waals surface area contributed by atoms with Gasteiger partial charge in [-0.25, -0.2) is 8.42 Å². The number of carbonyl (C=O) groups is 2. The van der Waals surface area contributed by atoms with Crippen LogP contribution in [0.5, 0.6) is 0 Å². The van der Waals surface area contributed by atoms with E-state index in [0.29, 0.717) is 19.4 Å². The number of carbonyl (C=O) groups excluding carboxylic acids is 2. The van der Waals surface area contributed by atoms with Crippen LogP contribution < -0.4 is 5.73 Å². The number of rotatable bonds is 5. The molecule has 1 aliphatic rings. The largest absolute Gasteiger partial charge is 0.368 e. The molecule has 1 atom stereocenters. The molecule has 2 N–H and O–H groups in total. The molecule has 1 rings (SSSR count). The average molecular weight is 248 g/mol. The first-order chi connectivity index (χ1) is 7.31. The first-order valence-electron chi connectivity index (χ1n) is 5.08. The van der Waals surface area contributed by atoms with E-state index in [-0.39, 0.29) is 18.1 Å². The van der Waals surface area contributed by atoms with Crippen molar-refractivity contribution in [1.82, 2.24) is 4.90 Å². The summed E-state index contributed by atoms with van der Waals surface area (Å²) in [6.07, 6.45) is 2.28. The summed E-state index contributed by atoms with van der Waals surface area (Å²) in [4.78, 5) is 24.0. The Kier molecular flexibility index (Phi) is 3.90. The minimum absolute atomic E-state index is 0.0832. The Bertz CT molecular complexity index is 390. The fourth-order valence-corrected chi connectivity index (χ4v) is 2.43. The highest BCUT2D eigenvalue weighted by molar-refractivity contribution is 7.90. The maximum atomic E-state index is 11.4. The molecule has 1 fully saturated rings. The highest BCUT2D eigenvalue weighted by Gasteiger charge is 2.31. The van der Waals surface area contributed by atoms with E-state index in [4.69, 9.17) is 5.73 Å². The fourth-order valence-electron chi connectivity index (χ4n) is 1.78. The van der Waals surface area contributed by atoms with E-state index in [2.05, 4.69) is 0 Å². The predicted octanol–water partition coefficient (Wildman–Crippen LogP) is -1.10. The Morgan fingerprint density at radius 1 is 1.56 bits per heavy atom. The van der Waals surface area contributed by atoms with Crippen LogP contribution in [0.2, 0.25) is 0 Å². The summed E-state index contributed by atoms with van der Waals surface area (Å²) < 4.78 is 22.0. The Hall–Kier alpha value is -1.11. The number of amides is 2. The minimum atomic E-state index is -3.15. The lowest BCUT2D eigenvalue weighted by molar-refractivity contribution is -0.136. The van der Waals surface area contributed by atoms with Gasteiger partial charge < -0.3 is 10.6 Å². The van der Waals surface area contributed by atoms with E-state index in [9.17, 15) is 18.0 Å². The molecule has 92 valence electrons. The van der Waals surface area contributed by atoms with Crippen molar-refractivity contribution in [3.63, 3.8) is 0 Å². The molecule has 1 aliphatic heterocycles. The molecule has 0 aromatic rings. The summed E-state index contributed by atoms with van der Waals surface area (Å²) in [5.74, 6) is -0.902. The molecule has 0 bridgehead atoms. The summed E-state index contributed by atoms with van der Waals surface area (Å²) in [5, 5.41) is 0. The van der Waals surface area contributed by atoms with Gasteiger partial charge in [0.2, 0.25) is 11.8 Å². The van der Waals surface area contributed by atoms with Gasteiger partial charge in [-0.2, -0.15) is 0 Å². The number of hydrogen-bond acceptors (Lipinski definition) is 4. The van der Waals surface area contributed by atoms with E-state index in [0.717, 1.165) is 6.26 Å². The van der Waals surface area contributed by atoms with Crippen molar-refractivity contribution in [1.29, 1.82) is 0 Å². The molecule has 0 aromatic carbocycles. The molecule has 0 spiro atoms. The lowest BCUT2D eigenvalue weighted by Crippen LogP contribution is -2.46. The van der Waals surface area contributed by atoms with Crippen LogP contribution in [0.3, 0.4) is 0 Å². The van der Waals surface area contributed by atoms with E-state index >= 15 is 0 Å². The molecule has 0 aliphatic carbocycles. The Labute approximate surface area is 94.7 Å². The molecule has 1 saturated heterocycles. The molecular weight excluding hydrogens is 232 g/mol. The SMILES string of the molecule is CS(=O)(=O)CCC(C(N)=O)N1CCCC1=O. The number of hydrogen-bond donors (Lipinski definition) is 1. The van der Waals surface area contributed by atoms with Gasteiger partial charge >= 0.3 is 0 Å². The summed E-state index contributed by atoms with van der Waals surface area (Å²) in [6, 6.07) is -0.787. The normalized spacial score (nSPS) is 18.8. The molecule has 6 nitrogen and oxygen atoms in total. The predicted molar refractivity (Wildman–Crippen MR) is 58.3 cm³/mol. The smallest absolute Gasteiger partial charge is 0.240 e. The van der Waals surface area contributed by atoms with Crippen molar-refractivity contribution in [3.8, 4) is 0 Å². The van der Waals surface area contributed by atoms with Gasteiger partial charge in [0.15, 0.2) is 0 Å². The minimum Gasteiger partial charge on any atom is -0.368 e. The first-order valence-corrected chi connectivity index (χ1v) is 7.14. The zero-order valence-electron chi connectivity index (χ0n) is 9.18. The molecule has 16 heavy (non-hydrogen) atoms. The number of nitrogens with two attached hydrogens (primary N) is 1. The standard InChI is InChI=1S/C9H16N2O4S/c1-16(14,15)6-4-7(9(10)13)11-5-2-3-8(11)12/h7H,2-6H2,1H3,(H2,10,13). The van der Waals surface area contributed by atoms with E-state index in [1.165, 1.54) is 4.90 Å². The first kappa shape index (κ1) is 13.0. The summed E-state index contributed by atoms with van der Waals surface area (Å²) in [6.45, 7) is 0.482. The van der Waals surface area contributed by atoms with Crippen LogP contribution in [-0.4, -0.2) is 49.7 Å². The van der Waals surface area contributed by atoms with Crippen LogP contribution in [0.4, 0.5) is 0 Å². The highest BCUT2D eigenvalue weighted by atomic mass is 32.2. The van der Waals surface area contributed by atoms with E-state index in [1.807, 2.05) is 0 Å². The quantitative estimate of drug-likeness (QED) is 0.667. The van der Waals surface area contributed by atoms with Crippen molar-refractivity contribution < 1.29 is 18.0 Å². The average Bonchev–Trinajstić information content (AvgIpc) is 2.50. The van der Waals surface area contributed by atoms with Crippen molar-refractivity contribution in [2.24, 2.45) is 5.73 Å². The second-order valence-corrected chi connectivity index (χ2v) is 6.29. The summed E-state index contributed by atoms with van der Waals surface area (Å²) in [7, 11) is -3.15. The third-order valence-corrected chi connectivity index (χ3v) is 3.55. The zero-order chi connectivity index (χ0) is 12.3. The number of sulfone groups is 1. The topological polar surface area (TPSA) is 97.5 Å². The number of nitrogens with zero attached hydrogens (tertiary/aromatic N) is 1. The van der Waals surface area contributed by atoms with Crippen molar-refractivity contribution in [2.45, 2.75) is 25.3 Å². The van der Waals surface area contributed by atoms with E-state index in [1.54, 1.807) is 0 Å². The van der Waals surface area contributed by atoms with Crippen LogP contribution in [0, 0.1) is 0 Å². The molecule has 1 heterocycles. The Morgan fingerprint density at radius 2 is 2.19 bits per heavy atom. The van der Waals surface area contributed by atoms with Gasteiger partial charge in [0, 0.05) is 19.2 Å². The van der Waals surface area contributed by atoms with Crippen LogP contribution in [0.15, 0.2) is 0 Å². The van der Waals surface area contributed by atoms with Gasteiger partial charge in [0.05, 0.1) is 5.75 Å². The second kappa shape index (κ2) is 4.82. The number of likely N-dealkylation sites (tertiary alicyclic amines) is 1. The van der Waals surface area contributed by atoms with Gasteiger partial charge in [0.1, 0.15) is 15.9 Å². The Morgan fingerprint density at radius 3 is 2.56 bits per heavy atom. The van der Waals surface area contributed by atoms with Crippen LogP contribution in [0.25, 0.3) is 0 Å². The van der Waals surface area contributed by atoms with Crippen LogP contribution in [0.1, 0.15) is 19.3 Å². The maximum Gasteiger partial charge on any atom is 0.240 e. The lowest BCUT2D eigenvalue weighted by Gasteiger charge is -2.24.